The van der Waals surface area contributed by atoms with Gasteiger partial charge in [0.05, 0.1) is 0 Å². The summed E-state index contributed by atoms with van der Waals surface area (Å²) in [5.74, 6) is 0. The molecule has 0 atom stereocenters. The van der Waals surface area contributed by atoms with Crippen molar-refractivity contribution < 1.29 is 94.3 Å². The number of hydrogen-bond donors (Lipinski definition) is 0. The van der Waals surface area contributed by atoms with Crippen molar-refractivity contribution in [2.45, 2.75) is 0 Å². The van der Waals surface area contributed by atoms with Gasteiger partial charge in [0.15, 0.2) is 0 Å². The molecule has 0 aliphatic carbocycles. The van der Waals surface area contributed by atoms with Crippen LogP contribution in [0.5, 0.6) is 0 Å². The first-order valence-corrected chi connectivity index (χ1v) is 0. The zero-order chi connectivity index (χ0) is 0. The second-order valence-electron chi connectivity index (χ2n) is 0. The predicted molar refractivity (Wildman–Crippen MR) is 0 cm³/mol. The van der Waals surface area contributed by atoms with E-state index in [0.29, 0.717) is 0 Å². The van der Waals surface area contributed by atoms with E-state index < -0.39 is 0 Å². The van der Waals surface area contributed by atoms with Gasteiger partial charge in [0, 0.05) is 0 Å². The Balaban J connectivity index is 0. The Morgan fingerprint density at radius 3 is 0.500 bits per heavy atom. The average molecular weight is 474 g/mol. The standard InChI is InChI=1S/3HI.Nb/h3*1H;/q;;;+3/p-3. The average Bonchev–Trinajstić information content (AvgIpc) is 0. The molecule has 0 aromatic heterocycles. The van der Waals surface area contributed by atoms with Crippen molar-refractivity contribution in [3.05, 3.63) is 0 Å². The maximum absolute atomic E-state index is 0. The van der Waals surface area contributed by atoms with E-state index in [1.807, 2.05) is 0 Å². The van der Waals surface area contributed by atoms with Crippen molar-refractivity contribution in [3.8, 4) is 0 Å². The predicted octanol–water partition coefficient (Wildman–Crippen LogP) is -8.99. The van der Waals surface area contributed by atoms with Crippen LogP contribution in [0.4, 0.5) is 0 Å². The summed E-state index contributed by atoms with van der Waals surface area (Å²) < 4.78 is 0. The van der Waals surface area contributed by atoms with Crippen LogP contribution in [0.2, 0.25) is 0 Å². The quantitative estimate of drug-likeness (QED) is 0.242. The Kier molecular flexibility index (Phi) is 119. The Hall–Kier alpha value is 2.93. The van der Waals surface area contributed by atoms with Gasteiger partial charge in [0.1, 0.15) is 0 Å². The summed E-state index contributed by atoms with van der Waals surface area (Å²) in [5, 5.41) is 0. The van der Waals surface area contributed by atoms with Gasteiger partial charge in [-0.2, -0.15) is 0 Å². The largest absolute Gasteiger partial charge is 3.00 e. The molecule has 0 aromatic carbocycles. The molecule has 4 heavy (non-hydrogen) atoms. The van der Waals surface area contributed by atoms with E-state index in [1.54, 1.807) is 0 Å². The Bertz CT molecular complexity index is 3.25. The maximum atomic E-state index is 0. The normalized spacial score (nSPS) is 0. The Morgan fingerprint density at radius 1 is 0.500 bits per heavy atom. The molecule has 0 saturated carbocycles. The van der Waals surface area contributed by atoms with Crippen molar-refractivity contribution in [1.82, 2.24) is 0 Å². The third-order valence-electron chi connectivity index (χ3n) is 0. The smallest absolute Gasteiger partial charge is 1.00 e. The van der Waals surface area contributed by atoms with E-state index in [0.717, 1.165) is 0 Å². The molecule has 4 heteroatoms. The number of hydrogen-bond acceptors (Lipinski definition) is 0. The van der Waals surface area contributed by atoms with E-state index in [4.69, 9.17) is 0 Å². The molecular formula is I3Nb. The van der Waals surface area contributed by atoms with Gasteiger partial charge in [-0.05, 0) is 0 Å². The zero-order valence-corrected chi connectivity index (χ0v) is 10.3. The van der Waals surface area contributed by atoms with Gasteiger partial charge in [-0.1, -0.05) is 0 Å². The molecule has 26 valence electrons. The third-order valence-corrected chi connectivity index (χ3v) is 0. The fourth-order valence-electron chi connectivity index (χ4n) is 0. The summed E-state index contributed by atoms with van der Waals surface area (Å²) in [6.45, 7) is 0. The summed E-state index contributed by atoms with van der Waals surface area (Å²) >= 11 is 0. The third kappa shape index (κ3) is 8.87. The second kappa shape index (κ2) is 16.8. The van der Waals surface area contributed by atoms with Crippen LogP contribution in [-0.4, -0.2) is 0 Å². The van der Waals surface area contributed by atoms with Crippen LogP contribution in [0.1, 0.15) is 0 Å². The zero-order valence-electron chi connectivity index (χ0n) is 1.58. The molecule has 0 spiro atoms. The van der Waals surface area contributed by atoms with Gasteiger partial charge in [-0.15, -0.1) is 0 Å². The topological polar surface area (TPSA) is 0 Å². The van der Waals surface area contributed by atoms with Crippen LogP contribution in [-0.2, 0) is 22.4 Å². The number of rotatable bonds is 0. The minimum atomic E-state index is 0. The monoisotopic (exact) mass is 474 g/mol. The van der Waals surface area contributed by atoms with Gasteiger partial charge in [-0.25, -0.2) is 0 Å². The molecule has 0 saturated heterocycles. The van der Waals surface area contributed by atoms with Crippen molar-refractivity contribution in [1.29, 1.82) is 0 Å². The first kappa shape index (κ1) is 28.4. The van der Waals surface area contributed by atoms with E-state index in [2.05, 4.69) is 0 Å². The van der Waals surface area contributed by atoms with Gasteiger partial charge in [0.25, 0.3) is 0 Å². The first-order valence-electron chi connectivity index (χ1n) is 0. The molecule has 0 N–H and O–H groups in total. The van der Waals surface area contributed by atoms with Crippen LogP contribution in [0.25, 0.3) is 0 Å². The van der Waals surface area contributed by atoms with Crippen LogP contribution < -0.4 is 71.9 Å². The fourth-order valence-corrected chi connectivity index (χ4v) is 0. The maximum Gasteiger partial charge on any atom is 3.00 e. The van der Waals surface area contributed by atoms with Crippen molar-refractivity contribution in [2.75, 3.05) is 0 Å². The first-order chi connectivity index (χ1) is 0. The molecule has 0 amide bonds. The molecule has 0 rings (SSSR count). The molecule has 0 aliphatic rings. The fraction of sp³-hybridized carbons (Fsp3) is 0. The molecular weight excluding hydrogens is 474 g/mol. The molecule has 0 unspecified atom stereocenters. The summed E-state index contributed by atoms with van der Waals surface area (Å²) in [5.41, 5.74) is 0. The van der Waals surface area contributed by atoms with Crippen LogP contribution >= 0.6 is 0 Å². The molecule has 0 bridgehead atoms. The minimum absolute atomic E-state index is 0. The van der Waals surface area contributed by atoms with Crippen LogP contribution in [0.3, 0.4) is 0 Å². The van der Waals surface area contributed by atoms with Gasteiger partial charge in [-0.3, -0.25) is 0 Å². The Morgan fingerprint density at radius 2 is 0.500 bits per heavy atom. The van der Waals surface area contributed by atoms with E-state index >= 15 is 0 Å². The minimum Gasteiger partial charge on any atom is -1.00 e. The molecule has 0 nitrogen and oxygen atoms in total. The van der Waals surface area contributed by atoms with Crippen LogP contribution in [0.15, 0.2) is 0 Å². The number of halogens is 3. The summed E-state index contributed by atoms with van der Waals surface area (Å²) in [6, 6.07) is 0. The molecule has 0 aliphatic heterocycles. The Labute approximate surface area is 92.4 Å². The molecule has 0 heterocycles. The summed E-state index contributed by atoms with van der Waals surface area (Å²) in [7, 11) is 0. The van der Waals surface area contributed by atoms with E-state index in [1.165, 1.54) is 0 Å². The van der Waals surface area contributed by atoms with Gasteiger partial charge >= 0.3 is 22.4 Å². The SMILES string of the molecule is [I-].[I-].[I-].[Nb+3]. The second-order valence-corrected chi connectivity index (χ2v) is 0. The van der Waals surface area contributed by atoms with Crippen molar-refractivity contribution in [2.24, 2.45) is 0 Å². The van der Waals surface area contributed by atoms with Gasteiger partial charge < -0.3 is 71.9 Å². The summed E-state index contributed by atoms with van der Waals surface area (Å²) in [4.78, 5) is 0. The van der Waals surface area contributed by atoms with Crippen molar-refractivity contribution >= 4 is 0 Å². The molecule has 0 radical (unpaired) electrons. The van der Waals surface area contributed by atoms with Crippen LogP contribution in [0, 0.1) is 0 Å². The van der Waals surface area contributed by atoms with E-state index in [9.17, 15) is 0 Å². The summed E-state index contributed by atoms with van der Waals surface area (Å²) in [6.07, 6.45) is 0. The molecule has 0 aromatic rings. The van der Waals surface area contributed by atoms with Gasteiger partial charge in [0.2, 0.25) is 0 Å². The van der Waals surface area contributed by atoms with Crippen molar-refractivity contribution in [3.63, 3.8) is 0 Å². The molecule has 0 fully saturated rings. The van der Waals surface area contributed by atoms with E-state index in [-0.39, 0.29) is 94.3 Å².